The third-order valence-corrected chi connectivity index (χ3v) is 4.67. The molecular weight excluding hydrogens is 300 g/mol. The Hall–Kier alpha value is -0.940. The topological polar surface area (TPSA) is 56.0 Å². The number of aryl methyl sites for hydroxylation is 1. The van der Waals surface area contributed by atoms with Crippen molar-refractivity contribution in [1.29, 1.82) is 0 Å². The van der Waals surface area contributed by atoms with E-state index in [0.29, 0.717) is 0 Å². The molecule has 5 heteroatoms. The summed E-state index contributed by atoms with van der Waals surface area (Å²) in [6.45, 7) is 5.63. The average molecular weight is 313 g/mol. The first-order valence-electron chi connectivity index (χ1n) is 5.19. The van der Waals surface area contributed by atoms with E-state index in [9.17, 15) is 4.79 Å². The van der Waals surface area contributed by atoms with Crippen molar-refractivity contribution in [2.45, 2.75) is 26.2 Å². The smallest absolute Gasteiger partial charge is 0.229 e. The number of thiazole rings is 1. The second-order valence-electron chi connectivity index (χ2n) is 4.60. The fourth-order valence-electron chi connectivity index (χ4n) is 1.49. The van der Waals surface area contributed by atoms with Gasteiger partial charge in [-0.1, -0.05) is 0 Å². The summed E-state index contributed by atoms with van der Waals surface area (Å²) >= 11 is 5.01. The molecule has 90 valence electrons. The van der Waals surface area contributed by atoms with Crippen molar-refractivity contribution in [3.63, 3.8) is 0 Å². The van der Waals surface area contributed by atoms with E-state index in [1.807, 2.05) is 13.0 Å². The fourth-order valence-corrected chi connectivity index (χ4v) is 3.48. The molecule has 2 rings (SSSR count). The Kier molecular flexibility index (Phi) is 2.99. The summed E-state index contributed by atoms with van der Waals surface area (Å²) in [4.78, 5) is 15.9. The van der Waals surface area contributed by atoms with Crippen molar-refractivity contribution in [1.82, 2.24) is 4.98 Å². The average Bonchev–Trinajstić information content (AvgIpc) is 2.61. The molecule has 0 radical (unpaired) electrons. The van der Waals surface area contributed by atoms with Crippen LogP contribution >= 0.6 is 27.3 Å². The van der Waals surface area contributed by atoms with E-state index >= 15 is 0 Å². The first kappa shape index (κ1) is 12.5. The van der Waals surface area contributed by atoms with Crippen molar-refractivity contribution >= 4 is 43.4 Å². The van der Waals surface area contributed by atoms with Gasteiger partial charge in [0.2, 0.25) is 5.91 Å². The summed E-state index contributed by atoms with van der Waals surface area (Å²) in [6, 6.07) is 4.08. The number of rotatable bonds is 2. The maximum absolute atomic E-state index is 11.4. The van der Waals surface area contributed by atoms with Gasteiger partial charge in [-0.3, -0.25) is 4.79 Å². The highest BCUT2D eigenvalue weighted by molar-refractivity contribution is 9.10. The number of aromatic nitrogens is 1. The van der Waals surface area contributed by atoms with Gasteiger partial charge in [0.05, 0.1) is 15.6 Å². The van der Waals surface area contributed by atoms with Crippen molar-refractivity contribution in [2.24, 2.45) is 5.73 Å². The van der Waals surface area contributed by atoms with Gasteiger partial charge in [0.15, 0.2) is 0 Å². The zero-order valence-electron chi connectivity index (χ0n) is 9.87. The van der Waals surface area contributed by atoms with Gasteiger partial charge < -0.3 is 5.73 Å². The molecule has 17 heavy (non-hydrogen) atoms. The lowest BCUT2D eigenvalue weighted by Crippen LogP contribution is -2.35. The maximum atomic E-state index is 11.4. The molecular formula is C12H13BrN2OS. The molecule has 0 bridgehead atoms. The Morgan fingerprint density at radius 1 is 1.47 bits per heavy atom. The molecule has 0 aliphatic heterocycles. The Balaban J connectivity index is 2.67. The monoisotopic (exact) mass is 312 g/mol. The van der Waals surface area contributed by atoms with Gasteiger partial charge in [0, 0.05) is 4.47 Å². The minimum Gasteiger partial charge on any atom is -0.369 e. The van der Waals surface area contributed by atoms with Crippen LogP contribution < -0.4 is 5.73 Å². The number of hydrogen-bond acceptors (Lipinski definition) is 3. The highest BCUT2D eigenvalue weighted by Gasteiger charge is 2.31. The number of fused-ring (bicyclic) bond motifs is 1. The molecule has 0 unspecified atom stereocenters. The standard InChI is InChI=1S/C12H13BrN2OS/c1-6-4-7(13)9-8(5-6)17-11(15-9)12(2,3)10(14)16/h4-5H,1-3H3,(H2,14,16). The largest absolute Gasteiger partial charge is 0.369 e. The third kappa shape index (κ3) is 2.09. The maximum Gasteiger partial charge on any atom is 0.229 e. The van der Waals surface area contributed by atoms with Gasteiger partial charge in [-0.05, 0) is 54.4 Å². The van der Waals surface area contributed by atoms with Crippen molar-refractivity contribution in [2.75, 3.05) is 0 Å². The number of carbonyl (C=O) groups is 1. The van der Waals surface area contributed by atoms with Crippen molar-refractivity contribution in [3.05, 3.63) is 27.2 Å². The molecule has 0 saturated heterocycles. The van der Waals surface area contributed by atoms with Crippen LogP contribution in [-0.4, -0.2) is 10.9 Å². The summed E-state index contributed by atoms with van der Waals surface area (Å²) in [5, 5.41) is 0.756. The second kappa shape index (κ2) is 4.07. The van der Waals surface area contributed by atoms with Gasteiger partial charge in [-0.2, -0.15) is 0 Å². The molecule has 1 aromatic heterocycles. The van der Waals surface area contributed by atoms with E-state index in [4.69, 9.17) is 5.73 Å². The zero-order chi connectivity index (χ0) is 12.8. The Morgan fingerprint density at radius 2 is 2.12 bits per heavy atom. The molecule has 0 atom stereocenters. The SMILES string of the molecule is Cc1cc(Br)c2nc(C(C)(C)C(N)=O)sc2c1. The van der Waals surface area contributed by atoms with E-state index < -0.39 is 5.41 Å². The first-order chi connectivity index (χ1) is 7.82. The summed E-state index contributed by atoms with van der Waals surface area (Å²) < 4.78 is 2.02. The highest BCUT2D eigenvalue weighted by atomic mass is 79.9. The van der Waals surface area contributed by atoms with Gasteiger partial charge in [0.1, 0.15) is 5.01 Å². The van der Waals surface area contributed by atoms with Crippen LogP contribution in [0, 0.1) is 6.92 Å². The van der Waals surface area contributed by atoms with Crippen LogP contribution in [0.5, 0.6) is 0 Å². The van der Waals surface area contributed by atoms with Crippen LogP contribution in [0.3, 0.4) is 0 Å². The number of benzene rings is 1. The van der Waals surface area contributed by atoms with E-state index in [2.05, 4.69) is 27.0 Å². The van der Waals surface area contributed by atoms with Crippen molar-refractivity contribution in [3.8, 4) is 0 Å². The molecule has 1 amide bonds. The van der Waals surface area contributed by atoms with Crippen LogP contribution in [0.1, 0.15) is 24.4 Å². The molecule has 0 spiro atoms. The Labute approximate surface area is 112 Å². The molecule has 0 aliphatic carbocycles. The third-order valence-electron chi connectivity index (χ3n) is 2.74. The van der Waals surface area contributed by atoms with Crippen LogP contribution in [0.2, 0.25) is 0 Å². The van der Waals surface area contributed by atoms with Gasteiger partial charge >= 0.3 is 0 Å². The number of primary amides is 1. The van der Waals surface area contributed by atoms with Gasteiger partial charge in [-0.15, -0.1) is 11.3 Å². The Morgan fingerprint density at radius 3 is 2.71 bits per heavy atom. The molecule has 0 aliphatic rings. The van der Waals surface area contributed by atoms with E-state index in [1.54, 1.807) is 13.8 Å². The lowest BCUT2D eigenvalue weighted by Gasteiger charge is -2.16. The number of nitrogens with two attached hydrogens (primary N) is 1. The van der Waals surface area contributed by atoms with E-state index in [1.165, 1.54) is 11.3 Å². The highest BCUT2D eigenvalue weighted by Crippen LogP contribution is 2.35. The summed E-state index contributed by atoms with van der Waals surface area (Å²) in [5.74, 6) is -0.357. The second-order valence-corrected chi connectivity index (χ2v) is 6.49. The lowest BCUT2D eigenvalue weighted by molar-refractivity contribution is -0.122. The minimum atomic E-state index is -0.725. The number of hydrogen-bond donors (Lipinski definition) is 1. The van der Waals surface area contributed by atoms with Crippen LogP contribution in [-0.2, 0) is 10.2 Å². The normalized spacial score (nSPS) is 12.0. The van der Waals surface area contributed by atoms with Crippen LogP contribution in [0.25, 0.3) is 10.2 Å². The predicted octanol–water partition coefficient (Wildman–Crippen LogP) is 3.13. The molecule has 1 heterocycles. The van der Waals surface area contributed by atoms with E-state index in [-0.39, 0.29) is 5.91 Å². The predicted molar refractivity (Wildman–Crippen MR) is 74.3 cm³/mol. The van der Waals surface area contributed by atoms with Gasteiger partial charge in [0.25, 0.3) is 0 Å². The minimum absolute atomic E-state index is 0.357. The Bertz CT molecular complexity index is 604. The summed E-state index contributed by atoms with van der Waals surface area (Å²) in [6.07, 6.45) is 0. The molecule has 2 N–H and O–H groups in total. The van der Waals surface area contributed by atoms with E-state index in [0.717, 1.165) is 25.3 Å². The summed E-state index contributed by atoms with van der Waals surface area (Å²) in [7, 11) is 0. The molecule has 0 fully saturated rings. The number of halogens is 1. The molecule has 1 aromatic carbocycles. The number of nitrogens with zero attached hydrogens (tertiary/aromatic N) is 1. The molecule has 3 nitrogen and oxygen atoms in total. The first-order valence-corrected chi connectivity index (χ1v) is 6.80. The molecule has 2 aromatic rings. The fraction of sp³-hybridized carbons (Fsp3) is 0.333. The zero-order valence-corrected chi connectivity index (χ0v) is 12.3. The number of carbonyl (C=O) groups excluding carboxylic acids is 1. The summed E-state index contributed by atoms with van der Waals surface area (Å²) in [5.41, 5.74) is 6.74. The van der Waals surface area contributed by atoms with Crippen LogP contribution in [0.4, 0.5) is 0 Å². The van der Waals surface area contributed by atoms with Crippen LogP contribution in [0.15, 0.2) is 16.6 Å². The van der Waals surface area contributed by atoms with Crippen molar-refractivity contribution < 1.29 is 4.79 Å². The number of amides is 1. The molecule has 0 saturated carbocycles. The van der Waals surface area contributed by atoms with Gasteiger partial charge in [-0.25, -0.2) is 4.98 Å². The lowest BCUT2D eigenvalue weighted by atomic mass is 9.94. The quantitative estimate of drug-likeness (QED) is 0.926.